The SMILES string of the molecule is Cc1ccc2c(c1)[C@@]1(C)CCC(=O)C[C@H]1O2. The summed E-state index contributed by atoms with van der Waals surface area (Å²) in [6.45, 7) is 4.33. The fraction of sp³-hybridized carbons (Fsp3) is 0.500. The van der Waals surface area contributed by atoms with E-state index < -0.39 is 0 Å². The summed E-state index contributed by atoms with van der Waals surface area (Å²) in [6.07, 6.45) is 2.26. The largest absolute Gasteiger partial charge is 0.489 e. The van der Waals surface area contributed by atoms with E-state index in [9.17, 15) is 4.79 Å². The molecule has 0 spiro atoms. The minimum Gasteiger partial charge on any atom is -0.489 e. The molecule has 0 amide bonds. The molecule has 0 aromatic heterocycles. The van der Waals surface area contributed by atoms with Gasteiger partial charge in [-0.3, -0.25) is 4.79 Å². The van der Waals surface area contributed by atoms with Crippen molar-refractivity contribution >= 4 is 5.78 Å². The van der Waals surface area contributed by atoms with Gasteiger partial charge >= 0.3 is 0 Å². The highest BCUT2D eigenvalue weighted by Crippen LogP contribution is 2.49. The van der Waals surface area contributed by atoms with E-state index in [1.54, 1.807) is 0 Å². The van der Waals surface area contributed by atoms with Crippen molar-refractivity contribution in [1.29, 1.82) is 0 Å². The Morgan fingerprint density at radius 2 is 2.25 bits per heavy atom. The Morgan fingerprint density at radius 3 is 3.06 bits per heavy atom. The number of hydrogen-bond donors (Lipinski definition) is 0. The third-order valence-electron chi connectivity index (χ3n) is 4.07. The van der Waals surface area contributed by atoms with Crippen LogP contribution in [-0.4, -0.2) is 11.9 Å². The second-order valence-electron chi connectivity index (χ2n) is 5.27. The van der Waals surface area contributed by atoms with Gasteiger partial charge in [0.05, 0.1) is 0 Å². The van der Waals surface area contributed by atoms with Crippen LogP contribution in [0.4, 0.5) is 0 Å². The zero-order valence-corrected chi connectivity index (χ0v) is 9.75. The van der Waals surface area contributed by atoms with Gasteiger partial charge in [-0.1, -0.05) is 24.6 Å². The fourth-order valence-electron chi connectivity index (χ4n) is 2.92. The molecule has 3 rings (SSSR count). The average Bonchev–Trinajstić information content (AvgIpc) is 2.52. The maximum absolute atomic E-state index is 11.5. The number of carbonyl (C=O) groups excluding carboxylic acids is 1. The summed E-state index contributed by atoms with van der Waals surface area (Å²) in [7, 11) is 0. The van der Waals surface area contributed by atoms with Crippen molar-refractivity contribution in [3.05, 3.63) is 29.3 Å². The molecule has 0 unspecified atom stereocenters. The molecule has 1 aromatic carbocycles. The molecule has 0 N–H and O–H groups in total. The lowest BCUT2D eigenvalue weighted by molar-refractivity contribution is -0.123. The second kappa shape index (κ2) is 3.09. The van der Waals surface area contributed by atoms with Gasteiger partial charge in [0, 0.05) is 23.8 Å². The predicted octanol–water partition coefficient (Wildman–Crippen LogP) is 2.77. The van der Waals surface area contributed by atoms with E-state index in [1.807, 2.05) is 6.07 Å². The number of Topliss-reactive ketones (excluding diaryl/α,β-unsaturated/α-hetero) is 1. The number of hydrogen-bond acceptors (Lipinski definition) is 2. The van der Waals surface area contributed by atoms with E-state index >= 15 is 0 Å². The van der Waals surface area contributed by atoms with Crippen LogP contribution in [0.15, 0.2) is 18.2 Å². The van der Waals surface area contributed by atoms with Crippen LogP contribution in [0.5, 0.6) is 5.75 Å². The Bertz CT molecular complexity index is 464. The van der Waals surface area contributed by atoms with Gasteiger partial charge in [0.15, 0.2) is 0 Å². The topological polar surface area (TPSA) is 26.3 Å². The molecule has 0 saturated heterocycles. The van der Waals surface area contributed by atoms with Gasteiger partial charge in [0.1, 0.15) is 17.6 Å². The lowest BCUT2D eigenvalue weighted by Crippen LogP contribution is -2.41. The third-order valence-corrected chi connectivity index (χ3v) is 4.07. The molecule has 0 radical (unpaired) electrons. The molecular weight excluding hydrogens is 200 g/mol. The lowest BCUT2D eigenvalue weighted by Gasteiger charge is -2.33. The van der Waals surface area contributed by atoms with E-state index in [0.29, 0.717) is 18.6 Å². The van der Waals surface area contributed by atoms with Crippen molar-refractivity contribution in [2.24, 2.45) is 0 Å². The van der Waals surface area contributed by atoms with Crippen LogP contribution in [0.1, 0.15) is 37.3 Å². The van der Waals surface area contributed by atoms with Crippen LogP contribution >= 0.6 is 0 Å². The molecule has 2 atom stereocenters. The number of aryl methyl sites for hydroxylation is 1. The van der Waals surface area contributed by atoms with Crippen molar-refractivity contribution in [3.63, 3.8) is 0 Å². The molecule has 1 saturated carbocycles. The number of benzene rings is 1. The first-order chi connectivity index (χ1) is 7.59. The van der Waals surface area contributed by atoms with Crippen molar-refractivity contribution in [1.82, 2.24) is 0 Å². The molecule has 1 aliphatic carbocycles. The Balaban J connectivity index is 2.09. The minimum absolute atomic E-state index is 0.0509. The Hall–Kier alpha value is -1.31. The third kappa shape index (κ3) is 1.22. The molecule has 1 aliphatic heterocycles. The normalized spacial score (nSPS) is 31.9. The first-order valence-electron chi connectivity index (χ1n) is 5.89. The molecule has 2 nitrogen and oxygen atoms in total. The molecule has 1 heterocycles. The summed E-state index contributed by atoms with van der Waals surface area (Å²) in [5.74, 6) is 1.32. The molecule has 2 aliphatic rings. The Labute approximate surface area is 95.6 Å². The van der Waals surface area contributed by atoms with Gasteiger partial charge in [0.2, 0.25) is 0 Å². The molecule has 2 heteroatoms. The average molecular weight is 216 g/mol. The van der Waals surface area contributed by atoms with Crippen LogP contribution in [-0.2, 0) is 10.2 Å². The molecule has 0 bridgehead atoms. The number of carbonyl (C=O) groups is 1. The van der Waals surface area contributed by atoms with Gasteiger partial charge in [-0.15, -0.1) is 0 Å². The number of rotatable bonds is 0. The van der Waals surface area contributed by atoms with Crippen LogP contribution in [0.2, 0.25) is 0 Å². The number of fused-ring (bicyclic) bond motifs is 3. The molecule has 84 valence electrons. The van der Waals surface area contributed by atoms with Crippen LogP contribution in [0.25, 0.3) is 0 Å². The zero-order chi connectivity index (χ0) is 11.3. The number of ether oxygens (including phenoxy) is 1. The molecule has 1 fully saturated rings. The summed E-state index contributed by atoms with van der Waals surface area (Å²) < 4.78 is 5.92. The maximum Gasteiger partial charge on any atom is 0.136 e. The second-order valence-corrected chi connectivity index (χ2v) is 5.27. The fourth-order valence-corrected chi connectivity index (χ4v) is 2.92. The summed E-state index contributed by atoms with van der Waals surface area (Å²) in [4.78, 5) is 11.5. The van der Waals surface area contributed by atoms with E-state index in [2.05, 4.69) is 26.0 Å². The van der Waals surface area contributed by atoms with E-state index in [0.717, 1.165) is 12.2 Å². The van der Waals surface area contributed by atoms with Gasteiger partial charge in [-0.05, 0) is 19.4 Å². The van der Waals surface area contributed by atoms with Crippen molar-refractivity contribution < 1.29 is 9.53 Å². The predicted molar refractivity (Wildman–Crippen MR) is 61.8 cm³/mol. The smallest absolute Gasteiger partial charge is 0.136 e. The van der Waals surface area contributed by atoms with Gasteiger partial charge < -0.3 is 4.74 Å². The molecule has 16 heavy (non-hydrogen) atoms. The van der Waals surface area contributed by atoms with Crippen molar-refractivity contribution in [2.45, 2.75) is 44.6 Å². The number of ketones is 1. The quantitative estimate of drug-likeness (QED) is 0.666. The Morgan fingerprint density at radius 1 is 1.44 bits per heavy atom. The first kappa shape index (κ1) is 9.88. The van der Waals surface area contributed by atoms with E-state index in [-0.39, 0.29) is 11.5 Å². The van der Waals surface area contributed by atoms with Gasteiger partial charge in [0.25, 0.3) is 0 Å². The highest BCUT2D eigenvalue weighted by molar-refractivity contribution is 5.81. The standard InChI is InChI=1S/C14H16O2/c1-9-3-4-12-11(7-9)14(2)6-5-10(15)8-13(14)16-12/h3-4,7,13H,5-6,8H2,1-2H3/t13-,14-/m1/s1. The summed E-state index contributed by atoms with van der Waals surface area (Å²) in [6, 6.07) is 6.32. The Kier molecular flexibility index (Phi) is 1.91. The van der Waals surface area contributed by atoms with Gasteiger partial charge in [-0.2, -0.15) is 0 Å². The summed E-state index contributed by atoms with van der Waals surface area (Å²) in [5.41, 5.74) is 2.61. The zero-order valence-electron chi connectivity index (χ0n) is 9.75. The first-order valence-corrected chi connectivity index (χ1v) is 5.89. The van der Waals surface area contributed by atoms with Crippen molar-refractivity contribution in [3.8, 4) is 5.75 Å². The molecular formula is C14H16O2. The van der Waals surface area contributed by atoms with Gasteiger partial charge in [-0.25, -0.2) is 0 Å². The van der Waals surface area contributed by atoms with Crippen LogP contribution in [0, 0.1) is 6.92 Å². The van der Waals surface area contributed by atoms with Crippen LogP contribution < -0.4 is 4.74 Å². The maximum atomic E-state index is 11.5. The highest BCUT2D eigenvalue weighted by atomic mass is 16.5. The van der Waals surface area contributed by atoms with E-state index in [1.165, 1.54) is 11.1 Å². The summed E-state index contributed by atoms with van der Waals surface area (Å²) >= 11 is 0. The molecule has 1 aromatic rings. The van der Waals surface area contributed by atoms with E-state index in [4.69, 9.17) is 4.74 Å². The summed E-state index contributed by atoms with van der Waals surface area (Å²) in [5, 5.41) is 0. The highest BCUT2D eigenvalue weighted by Gasteiger charge is 2.48. The minimum atomic E-state index is 0.0509. The lowest BCUT2D eigenvalue weighted by atomic mass is 9.70. The van der Waals surface area contributed by atoms with Crippen LogP contribution in [0.3, 0.4) is 0 Å². The van der Waals surface area contributed by atoms with Crippen molar-refractivity contribution in [2.75, 3.05) is 0 Å². The monoisotopic (exact) mass is 216 g/mol.